The summed E-state index contributed by atoms with van der Waals surface area (Å²) in [7, 11) is 0. The number of rotatable bonds is 16. The monoisotopic (exact) mass is 1530 g/mol. The molecule has 4 amide bonds. The van der Waals surface area contributed by atoms with Gasteiger partial charge in [0.2, 0.25) is 23.1 Å². The van der Waals surface area contributed by atoms with Crippen molar-refractivity contribution in [3.8, 4) is 0 Å². The number of nitrogens with one attached hydrogen (secondary N) is 1. The van der Waals surface area contributed by atoms with Crippen molar-refractivity contribution in [1.82, 2.24) is 56.0 Å². The smallest absolute Gasteiger partial charge is 0.427 e. The Hall–Kier alpha value is -9.87. The van der Waals surface area contributed by atoms with Gasteiger partial charge in [-0.05, 0) is 107 Å². The first-order valence-corrected chi connectivity index (χ1v) is 35.0. The van der Waals surface area contributed by atoms with Crippen molar-refractivity contribution in [2.24, 2.45) is 0 Å². The van der Waals surface area contributed by atoms with Crippen molar-refractivity contribution in [1.29, 1.82) is 0 Å². The third-order valence-electron chi connectivity index (χ3n) is 13.7. The second-order valence-electron chi connectivity index (χ2n) is 31.5. The van der Waals surface area contributed by atoms with Crippen molar-refractivity contribution in [2.45, 2.75) is 303 Å². The molecule has 0 saturated carbocycles. The van der Waals surface area contributed by atoms with Crippen LogP contribution in [0, 0.1) is 40.5 Å². The summed E-state index contributed by atoms with van der Waals surface area (Å²) in [5.41, 5.74) is 11.5. The van der Waals surface area contributed by atoms with Crippen LogP contribution in [-0.2, 0) is 18.9 Å². The summed E-state index contributed by atoms with van der Waals surface area (Å²) in [4.78, 5) is 146. The second-order valence-corrected chi connectivity index (χ2v) is 31.9. The Morgan fingerprint density at radius 3 is 0.776 bits per heavy atom. The maximum Gasteiger partial charge on any atom is 0.427 e. The third kappa shape index (κ3) is 29.4. The summed E-state index contributed by atoms with van der Waals surface area (Å²) in [6.07, 6.45) is -3.88. The molecule has 0 aliphatic heterocycles. The number of hydrogen-bond donors (Lipinski definition) is 4. The Kier molecular flexibility index (Phi) is 36.0. The lowest BCUT2D eigenvalue weighted by molar-refractivity contribution is -0.387. The number of amides is 4. The predicted molar refractivity (Wildman–Crippen MR) is 409 cm³/mol. The van der Waals surface area contributed by atoms with E-state index in [1.54, 1.807) is 138 Å². The molecule has 5 rings (SSSR count). The summed E-state index contributed by atoms with van der Waals surface area (Å²) in [6.45, 7) is 56.7. The first kappa shape index (κ1) is 97.1. The molecular weight excluding hydrogens is 1410 g/mol. The number of halogens is 1. The number of aromatic amines is 1. The molecule has 0 radical (unpaired) electrons. The van der Waals surface area contributed by atoms with Gasteiger partial charge in [0.25, 0.3) is 0 Å². The molecule has 0 saturated heterocycles. The number of nitrogen functional groups attached to an aromatic ring is 2. The fraction of sp³-hybridized carbons (Fsp3) is 0.657. The molecule has 0 fully saturated rings. The maximum absolute atomic E-state index is 12.9. The molecule has 37 heteroatoms. The number of nitrogens with two attached hydrogens (primary N) is 2. The number of imide groups is 2. The number of ether oxygens (including phenoxy) is 4. The topological polar surface area (TPSA) is 520 Å². The minimum atomic E-state index is -1.03. The Bertz CT molecular complexity index is 3730. The highest BCUT2D eigenvalue weighted by Crippen LogP contribution is 2.38. The normalized spacial score (nSPS) is 11.6. The lowest BCUT2D eigenvalue weighted by Crippen LogP contribution is -2.45. The Morgan fingerprint density at radius 1 is 0.364 bits per heavy atom. The quantitative estimate of drug-likeness (QED) is 0.0308. The van der Waals surface area contributed by atoms with Crippen LogP contribution < -0.4 is 33.1 Å². The molecule has 8 N–H and O–H groups in total. The van der Waals surface area contributed by atoms with Gasteiger partial charge in [-0.2, -0.15) is 4.98 Å². The number of carbonyl (C=O) groups excluding carboxylic acids is 4. The standard InChI is InChI=1S/C20H32N4O6.C20H34N4O4.C10H14ClN3O2.C10H16N4O2.C10H15N3O3.H3N/c1-11(2)13-15(24(27)28)14(12(3)4)22-16(21-13)23(17(25)29-19(5,6)7)18(26)30-20(8,9)10;1-11(2)14-13(21)15(12(3)4)23-16(22-14)24(17(25)27-19(5,6)7)18(26)28-20(8,9)10;2*1-5(2)7-9(14(15)16)8(6(3)4)13-10(11)12-7;1-5(2)7-9(13(15)16)8(6(3)4)12-10(14)11-7;/h11-12H,1-10H3;11-12H,21H2,1-10H3;5-6H,1-4H3;5-6H,1-4H3,(H2,11,12,13);5-6H,1-4H3,(H,11,12,14);1H3. The highest BCUT2D eigenvalue weighted by molar-refractivity contribution is 6.28. The first-order valence-electron chi connectivity index (χ1n) is 34.6. The summed E-state index contributed by atoms with van der Waals surface area (Å²) >= 11 is 5.77. The van der Waals surface area contributed by atoms with Crippen molar-refractivity contribution in [3.63, 3.8) is 0 Å². The number of H-pyrrole nitrogens is 1. The van der Waals surface area contributed by atoms with Gasteiger partial charge in [0.1, 0.15) is 68.0 Å². The highest BCUT2D eigenvalue weighted by atomic mass is 35.5. The molecule has 0 aliphatic carbocycles. The van der Waals surface area contributed by atoms with E-state index in [-0.39, 0.29) is 128 Å². The van der Waals surface area contributed by atoms with E-state index in [2.05, 4.69) is 49.8 Å². The second kappa shape index (κ2) is 39.6. The molecule has 0 unspecified atom stereocenters. The largest absolute Gasteiger partial charge is 0.443 e. The third-order valence-corrected chi connectivity index (χ3v) is 13.8. The Balaban J connectivity index is 0.00000135. The number of carbonyl (C=O) groups is 4. The van der Waals surface area contributed by atoms with Crippen LogP contribution in [0.25, 0.3) is 0 Å². The van der Waals surface area contributed by atoms with Gasteiger partial charge >= 0.3 is 52.8 Å². The van der Waals surface area contributed by atoms with E-state index in [9.17, 15) is 64.4 Å². The zero-order valence-corrected chi connectivity index (χ0v) is 68.9. The van der Waals surface area contributed by atoms with Crippen LogP contribution >= 0.6 is 11.6 Å². The van der Waals surface area contributed by atoms with Crippen LogP contribution in [0.4, 0.5) is 65.5 Å². The SMILES string of the molecule is CC(C)c1nc(=O)[nH]c(C(C)C)c1[N+](=O)[O-].CC(C)c1nc(Cl)nc(C(C)C)c1[N+](=O)[O-].CC(C)c1nc(N(C(=O)OC(C)(C)C)C(=O)OC(C)(C)C)nc(C(C)C)c1N.CC(C)c1nc(N(C(=O)OC(C)(C)C)C(=O)OC(C)(C)C)nc(C(C)C)c1[N+](=O)[O-].CC(C)c1nc(N)nc(C(C)C)c1[N+](=O)[O-].N. The van der Waals surface area contributed by atoms with E-state index in [1.165, 1.54) is 0 Å². The van der Waals surface area contributed by atoms with Gasteiger partial charge in [-0.3, -0.25) is 40.5 Å². The van der Waals surface area contributed by atoms with Gasteiger partial charge in [-0.1, -0.05) is 138 Å². The Labute approximate surface area is 631 Å². The van der Waals surface area contributed by atoms with Gasteiger partial charge in [0.05, 0.1) is 36.8 Å². The van der Waals surface area contributed by atoms with E-state index in [0.29, 0.717) is 50.4 Å². The van der Waals surface area contributed by atoms with Crippen molar-refractivity contribution >= 4 is 82.3 Å². The van der Waals surface area contributed by atoms with Crippen LogP contribution in [0.2, 0.25) is 5.28 Å². The van der Waals surface area contributed by atoms with Gasteiger partial charge in [0.15, 0.2) is 0 Å². The van der Waals surface area contributed by atoms with Gasteiger partial charge < -0.3 is 41.5 Å². The van der Waals surface area contributed by atoms with Crippen LogP contribution in [0.5, 0.6) is 0 Å². The summed E-state index contributed by atoms with van der Waals surface area (Å²) in [5, 5.41) is 44.9. The molecule has 598 valence electrons. The van der Waals surface area contributed by atoms with Gasteiger partial charge in [0, 0.05) is 47.3 Å². The first-order chi connectivity index (χ1) is 48.0. The van der Waals surface area contributed by atoms with Crippen molar-refractivity contribution in [3.05, 3.63) is 113 Å². The average Bonchev–Trinajstić information content (AvgIpc) is 0.785. The number of nitro groups is 4. The number of hydrogen-bond acceptors (Lipinski definition) is 29. The van der Waals surface area contributed by atoms with E-state index in [4.69, 9.17) is 42.0 Å². The maximum atomic E-state index is 12.9. The molecule has 5 heterocycles. The minimum absolute atomic E-state index is 0. The lowest BCUT2D eigenvalue weighted by Gasteiger charge is -2.28. The van der Waals surface area contributed by atoms with Crippen molar-refractivity contribution in [2.75, 3.05) is 21.3 Å². The fourth-order valence-electron chi connectivity index (χ4n) is 9.22. The number of nitrogens with zero attached hydrogens (tertiary/aromatic N) is 15. The van der Waals surface area contributed by atoms with Crippen LogP contribution in [0.3, 0.4) is 0 Å². The molecule has 0 aromatic carbocycles. The van der Waals surface area contributed by atoms with Crippen LogP contribution in [0.1, 0.15) is 338 Å². The predicted octanol–water partition coefficient (Wildman–Crippen LogP) is 17.9. The number of anilines is 4. The van der Waals surface area contributed by atoms with E-state index in [0.717, 1.165) is 4.90 Å². The molecule has 107 heavy (non-hydrogen) atoms. The summed E-state index contributed by atoms with van der Waals surface area (Å²) < 4.78 is 21.5. The van der Waals surface area contributed by atoms with E-state index in [1.807, 2.05) is 83.1 Å². The lowest BCUT2D eigenvalue weighted by atomic mass is 10.0. The molecule has 36 nitrogen and oxygen atoms in total. The van der Waals surface area contributed by atoms with Gasteiger partial charge in [-0.25, -0.2) is 63.8 Å². The van der Waals surface area contributed by atoms with Crippen molar-refractivity contribution < 1.29 is 57.8 Å². The molecule has 5 aromatic rings. The highest BCUT2D eigenvalue weighted by Gasteiger charge is 2.40. The molecule has 0 bridgehead atoms. The summed E-state index contributed by atoms with van der Waals surface area (Å²) in [5.74, 6) is -1.60. The fourth-order valence-corrected chi connectivity index (χ4v) is 9.40. The van der Waals surface area contributed by atoms with E-state index >= 15 is 0 Å². The molecule has 0 aliphatic rings. The average molecular weight is 1530 g/mol. The molecule has 0 atom stereocenters. The molecule has 5 aromatic heterocycles. The zero-order valence-electron chi connectivity index (χ0n) is 68.2. The Morgan fingerprint density at radius 2 is 0.570 bits per heavy atom. The molecular formula is C70H114ClN19O17. The summed E-state index contributed by atoms with van der Waals surface area (Å²) in [6, 6.07) is 0. The van der Waals surface area contributed by atoms with Crippen LogP contribution in [-0.4, -0.2) is 116 Å². The minimum Gasteiger partial charge on any atom is -0.443 e. The van der Waals surface area contributed by atoms with Gasteiger partial charge in [-0.15, -0.1) is 9.80 Å². The zero-order chi connectivity index (χ0) is 83.0. The number of aromatic nitrogens is 10. The molecule has 0 spiro atoms. The van der Waals surface area contributed by atoms with E-state index < -0.39 is 72.2 Å². The van der Waals surface area contributed by atoms with Crippen LogP contribution in [0.15, 0.2) is 4.79 Å².